The number of rotatable bonds is 1. The molecule has 2 nitrogen and oxygen atoms in total. The summed E-state index contributed by atoms with van der Waals surface area (Å²) in [6.07, 6.45) is 6.59. The van der Waals surface area contributed by atoms with Gasteiger partial charge in [-0.2, -0.15) is 5.26 Å². The van der Waals surface area contributed by atoms with Gasteiger partial charge in [-0.25, -0.2) is 0 Å². The van der Waals surface area contributed by atoms with Crippen LogP contribution in [0.2, 0.25) is 0 Å². The second-order valence-electron chi connectivity index (χ2n) is 7.73. The van der Waals surface area contributed by atoms with Crippen LogP contribution in [0.3, 0.4) is 0 Å². The SMILES string of the molecule is CC12CC3(C)CC(C#N)(C1)CC(CO)(C2)C3. The number of nitrogens with zero attached hydrogens (tertiary/aromatic N) is 1. The van der Waals surface area contributed by atoms with E-state index in [1.54, 1.807) is 0 Å². The van der Waals surface area contributed by atoms with E-state index in [4.69, 9.17) is 0 Å². The van der Waals surface area contributed by atoms with E-state index in [1.807, 2.05) is 0 Å². The zero-order chi connectivity index (χ0) is 11.7. The van der Waals surface area contributed by atoms with Crippen LogP contribution in [0.15, 0.2) is 0 Å². The summed E-state index contributed by atoms with van der Waals surface area (Å²) in [6.45, 7) is 4.94. The van der Waals surface area contributed by atoms with Crippen LogP contribution in [0.4, 0.5) is 0 Å². The van der Waals surface area contributed by atoms with Crippen LogP contribution in [0, 0.1) is 33.0 Å². The maximum absolute atomic E-state index is 9.76. The summed E-state index contributed by atoms with van der Waals surface area (Å²) in [5.41, 5.74) is 0.554. The normalized spacial score (nSPS) is 58.6. The maximum atomic E-state index is 9.76. The van der Waals surface area contributed by atoms with E-state index in [-0.39, 0.29) is 17.4 Å². The topological polar surface area (TPSA) is 44.0 Å². The Hall–Kier alpha value is -0.550. The summed E-state index contributed by atoms with van der Waals surface area (Å²) >= 11 is 0. The van der Waals surface area contributed by atoms with E-state index in [9.17, 15) is 10.4 Å². The first-order valence-electron chi connectivity index (χ1n) is 6.39. The molecule has 0 saturated heterocycles. The quantitative estimate of drug-likeness (QED) is 0.737. The van der Waals surface area contributed by atoms with Gasteiger partial charge in [-0.3, -0.25) is 0 Å². The van der Waals surface area contributed by atoms with E-state index in [0.717, 1.165) is 32.1 Å². The van der Waals surface area contributed by atoms with E-state index < -0.39 is 0 Å². The molecule has 0 radical (unpaired) electrons. The zero-order valence-electron chi connectivity index (χ0n) is 10.3. The average Bonchev–Trinajstić information content (AvgIpc) is 2.12. The molecule has 2 atom stereocenters. The number of hydrogen-bond acceptors (Lipinski definition) is 2. The van der Waals surface area contributed by atoms with Gasteiger partial charge in [-0.15, -0.1) is 0 Å². The minimum Gasteiger partial charge on any atom is -0.396 e. The van der Waals surface area contributed by atoms with E-state index >= 15 is 0 Å². The molecule has 0 aromatic carbocycles. The molecule has 4 fully saturated rings. The van der Waals surface area contributed by atoms with Gasteiger partial charge in [-0.05, 0) is 54.8 Å². The fourth-order valence-corrected chi connectivity index (χ4v) is 6.23. The molecule has 1 N–H and O–H groups in total. The van der Waals surface area contributed by atoms with Gasteiger partial charge < -0.3 is 5.11 Å². The lowest BCUT2D eigenvalue weighted by Gasteiger charge is -2.67. The molecule has 4 aliphatic rings. The molecule has 2 unspecified atom stereocenters. The van der Waals surface area contributed by atoms with Crippen LogP contribution in [-0.2, 0) is 0 Å². The average molecular weight is 219 g/mol. The van der Waals surface area contributed by atoms with Gasteiger partial charge in [-0.1, -0.05) is 13.8 Å². The van der Waals surface area contributed by atoms with Crippen molar-refractivity contribution in [1.29, 1.82) is 5.26 Å². The minimum absolute atomic E-state index is 0.0635. The lowest BCUT2D eigenvalue weighted by molar-refractivity contribution is -0.182. The van der Waals surface area contributed by atoms with Crippen LogP contribution in [0.1, 0.15) is 52.4 Å². The molecule has 4 aliphatic carbocycles. The van der Waals surface area contributed by atoms with Crippen molar-refractivity contribution in [3.05, 3.63) is 0 Å². The van der Waals surface area contributed by atoms with Gasteiger partial charge in [0.1, 0.15) is 0 Å². The summed E-state index contributed by atoms with van der Waals surface area (Å²) < 4.78 is 0. The van der Waals surface area contributed by atoms with Crippen molar-refractivity contribution in [2.45, 2.75) is 52.4 Å². The molecular weight excluding hydrogens is 198 g/mol. The standard InChI is InChI=1S/C14H21NO/c1-11-3-12(2)5-13(4-11,9-15)8-14(6-11,7-12)10-16/h16H,3-8,10H2,1-2H3. The van der Waals surface area contributed by atoms with E-state index in [0.29, 0.717) is 10.8 Å². The highest BCUT2D eigenvalue weighted by atomic mass is 16.3. The van der Waals surface area contributed by atoms with Gasteiger partial charge in [0.2, 0.25) is 0 Å². The third kappa shape index (κ3) is 1.21. The Morgan fingerprint density at radius 2 is 1.56 bits per heavy atom. The Morgan fingerprint density at radius 1 is 1.00 bits per heavy atom. The molecule has 4 saturated carbocycles. The van der Waals surface area contributed by atoms with Crippen molar-refractivity contribution in [1.82, 2.24) is 0 Å². The second-order valence-corrected chi connectivity index (χ2v) is 7.73. The molecule has 0 aromatic rings. The monoisotopic (exact) mass is 219 g/mol. The Balaban J connectivity index is 2.10. The summed E-state index contributed by atoms with van der Waals surface area (Å²) in [5, 5.41) is 19.3. The van der Waals surface area contributed by atoms with E-state index in [2.05, 4.69) is 19.9 Å². The first-order valence-corrected chi connectivity index (χ1v) is 6.39. The Kier molecular flexibility index (Phi) is 1.75. The third-order valence-corrected chi connectivity index (χ3v) is 5.27. The minimum atomic E-state index is -0.124. The fourth-order valence-electron chi connectivity index (χ4n) is 6.23. The van der Waals surface area contributed by atoms with Crippen molar-refractivity contribution in [3.8, 4) is 6.07 Å². The summed E-state index contributed by atoms with van der Waals surface area (Å²) in [6, 6.07) is 2.61. The Morgan fingerprint density at radius 3 is 2.00 bits per heavy atom. The number of nitriles is 1. The number of hydrogen-bond donors (Lipinski definition) is 1. The molecule has 0 heterocycles. The Bertz CT molecular complexity index is 363. The molecule has 88 valence electrons. The van der Waals surface area contributed by atoms with Crippen molar-refractivity contribution in [3.63, 3.8) is 0 Å². The first kappa shape index (κ1) is 10.6. The zero-order valence-corrected chi connectivity index (χ0v) is 10.3. The van der Waals surface area contributed by atoms with Crippen LogP contribution in [0.5, 0.6) is 0 Å². The van der Waals surface area contributed by atoms with Crippen LogP contribution < -0.4 is 0 Å². The predicted octanol–water partition coefficient (Wildman–Crippen LogP) is 2.87. The highest BCUT2D eigenvalue weighted by molar-refractivity contribution is 5.20. The summed E-state index contributed by atoms with van der Waals surface area (Å²) in [7, 11) is 0. The fraction of sp³-hybridized carbons (Fsp3) is 0.929. The van der Waals surface area contributed by atoms with Crippen molar-refractivity contribution in [2.75, 3.05) is 6.61 Å². The van der Waals surface area contributed by atoms with Crippen molar-refractivity contribution < 1.29 is 5.11 Å². The van der Waals surface area contributed by atoms with E-state index in [1.165, 1.54) is 6.42 Å². The molecule has 2 heteroatoms. The smallest absolute Gasteiger partial charge is 0.0690 e. The molecular formula is C14H21NO. The van der Waals surface area contributed by atoms with Gasteiger partial charge in [0.15, 0.2) is 0 Å². The van der Waals surface area contributed by atoms with Gasteiger partial charge in [0.25, 0.3) is 0 Å². The highest BCUT2D eigenvalue weighted by Crippen LogP contribution is 2.73. The van der Waals surface area contributed by atoms with Crippen molar-refractivity contribution >= 4 is 0 Å². The predicted molar refractivity (Wildman–Crippen MR) is 61.5 cm³/mol. The number of aliphatic hydroxyl groups is 1. The number of aliphatic hydroxyl groups excluding tert-OH is 1. The molecule has 0 spiro atoms. The maximum Gasteiger partial charge on any atom is 0.0690 e. The van der Waals surface area contributed by atoms with Crippen LogP contribution in [0.25, 0.3) is 0 Å². The summed E-state index contributed by atoms with van der Waals surface area (Å²) in [4.78, 5) is 0. The molecule has 4 bridgehead atoms. The van der Waals surface area contributed by atoms with Crippen LogP contribution in [-0.4, -0.2) is 11.7 Å². The molecule has 0 aromatic heterocycles. The van der Waals surface area contributed by atoms with Crippen molar-refractivity contribution in [2.24, 2.45) is 21.7 Å². The lowest BCUT2D eigenvalue weighted by atomic mass is 9.36. The largest absolute Gasteiger partial charge is 0.396 e. The molecule has 0 aliphatic heterocycles. The Labute approximate surface area is 97.7 Å². The first-order chi connectivity index (χ1) is 7.36. The molecule has 4 rings (SSSR count). The second kappa shape index (κ2) is 2.64. The van der Waals surface area contributed by atoms with Crippen LogP contribution >= 0.6 is 0 Å². The lowest BCUT2D eigenvalue weighted by Crippen LogP contribution is -2.60. The van der Waals surface area contributed by atoms with Gasteiger partial charge in [0, 0.05) is 6.61 Å². The van der Waals surface area contributed by atoms with Gasteiger partial charge >= 0.3 is 0 Å². The molecule has 0 amide bonds. The molecule has 16 heavy (non-hydrogen) atoms. The summed E-state index contributed by atoms with van der Waals surface area (Å²) in [5.74, 6) is 0. The third-order valence-electron chi connectivity index (χ3n) is 5.27. The van der Waals surface area contributed by atoms with Gasteiger partial charge in [0.05, 0.1) is 11.5 Å². The highest BCUT2D eigenvalue weighted by Gasteiger charge is 2.65.